The lowest BCUT2D eigenvalue weighted by Gasteiger charge is -2.33. The van der Waals surface area contributed by atoms with Crippen molar-refractivity contribution in [3.8, 4) is 22.3 Å². The number of furan rings is 1. The molecular weight excluding hydrogens is 669 g/mol. The van der Waals surface area contributed by atoms with Crippen LogP contribution in [-0.4, -0.2) is 0 Å². The second-order valence-corrected chi connectivity index (χ2v) is 13.8. The van der Waals surface area contributed by atoms with Crippen LogP contribution in [0.25, 0.3) is 55.0 Å². The Labute approximate surface area is 320 Å². The summed E-state index contributed by atoms with van der Waals surface area (Å²) in [6.07, 6.45) is 0. The second-order valence-electron chi connectivity index (χ2n) is 13.8. The fourth-order valence-electron chi connectivity index (χ4n) is 7.79. The van der Waals surface area contributed by atoms with E-state index in [9.17, 15) is 0 Å². The van der Waals surface area contributed by atoms with E-state index in [1.54, 1.807) is 0 Å². The quantitative estimate of drug-likeness (QED) is 0.157. The van der Waals surface area contributed by atoms with Gasteiger partial charge in [-0.1, -0.05) is 146 Å². The third-order valence-electron chi connectivity index (χ3n) is 10.4. The highest BCUT2D eigenvalue weighted by atomic mass is 16.3. The summed E-state index contributed by atoms with van der Waals surface area (Å²) in [5.74, 6) is 0. The standard InChI is InChI=1S/C52H36N2O/c1-5-15-37(16-6-1)39-25-29-45(30-26-39)53(43-21-9-3-10-22-43)48-33-34-49-51(47-35-41-19-13-14-20-42(41)36-50(47)55-49)52(48)54(44-23-11-4-12-24-44)46-31-27-40(28-32-46)38-17-7-2-8-18-38/h1-36H. The van der Waals surface area contributed by atoms with Crippen LogP contribution in [0.2, 0.25) is 0 Å². The Hall–Kier alpha value is -7.36. The Morgan fingerprint density at radius 2 is 0.727 bits per heavy atom. The van der Waals surface area contributed by atoms with Crippen LogP contribution in [0.3, 0.4) is 0 Å². The molecule has 0 unspecified atom stereocenters. The Bertz CT molecular complexity index is 2890. The number of nitrogens with zero attached hydrogens (tertiary/aromatic N) is 2. The average molecular weight is 705 g/mol. The lowest BCUT2D eigenvalue weighted by molar-refractivity contribution is 0.669. The van der Waals surface area contributed by atoms with Gasteiger partial charge in [-0.2, -0.15) is 0 Å². The highest BCUT2D eigenvalue weighted by molar-refractivity contribution is 6.19. The van der Waals surface area contributed by atoms with Gasteiger partial charge in [-0.3, -0.25) is 0 Å². The van der Waals surface area contributed by atoms with Gasteiger partial charge in [-0.25, -0.2) is 0 Å². The lowest BCUT2D eigenvalue weighted by Crippen LogP contribution is -2.17. The van der Waals surface area contributed by atoms with Gasteiger partial charge < -0.3 is 14.2 Å². The molecule has 260 valence electrons. The molecule has 9 aromatic carbocycles. The molecule has 0 spiro atoms. The maximum absolute atomic E-state index is 6.77. The van der Waals surface area contributed by atoms with E-state index in [0.29, 0.717) is 0 Å². The SMILES string of the molecule is c1ccc(-c2ccc(N(c3ccccc3)c3ccc4oc5cc6ccccc6cc5c4c3N(c3ccccc3)c3ccc(-c4ccccc4)cc3)cc2)cc1. The maximum Gasteiger partial charge on any atom is 0.137 e. The summed E-state index contributed by atoms with van der Waals surface area (Å²) in [5.41, 5.74) is 12.7. The highest BCUT2D eigenvalue weighted by Crippen LogP contribution is 2.51. The molecule has 0 N–H and O–H groups in total. The molecule has 0 aliphatic heterocycles. The van der Waals surface area contributed by atoms with Crippen molar-refractivity contribution in [3.05, 3.63) is 218 Å². The smallest absolute Gasteiger partial charge is 0.137 e. The molecule has 3 heteroatoms. The molecule has 1 heterocycles. The van der Waals surface area contributed by atoms with Crippen LogP contribution in [0.1, 0.15) is 0 Å². The first-order valence-electron chi connectivity index (χ1n) is 18.7. The van der Waals surface area contributed by atoms with E-state index in [1.165, 1.54) is 27.6 Å². The van der Waals surface area contributed by atoms with Crippen molar-refractivity contribution in [2.45, 2.75) is 0 Å². The third kappa shape index (κ3) is 5.98. The minimum atomic E-state index is 0.832. The van der Waals surface area contributed by atoms with Gasteiger partial charge in [-0.15, -0.1) is 0 Å². The molecule has 0 saturated heterocycles. The number of benzene rings is 9. The monoisotopic (exact) mass is 704 g/mol. The molecule has 0 saturated carbocycles. The molecule has 0 fully saturated rings. The molecular formula is C52H36N2O. The van der Waals surface area contributed by atoms with Gasteiger partial charge in [0.25, 0.3) is 0 Å². The van der Waals surface area contributed by atoms with E-state index in [0.717, 1.165) is 61.4 Å². The van der Waals surface area contributed by atoms with E-state index >= 15 is 0 Å². The fourth-order valence-corrected chi connectivity index (χ4v) is 7.79. The predicted molar refractivity (Wildman–Crippen MR) is 231 cm³/mol. The molecule has 0 bridgehead atoms. The van der Waals surface area contributed by atoms with Crippen molar-refractivity contribution in [1.82, 2.24) is 0 Å². The summed E-state index contributed by atoms with van der Waals surface area (Å²) in [4.78, 5) is 4.77. The number of hydrogen-bond acceptors (Lipinski definition) is 3. The number of anilines is 6. The minimum Gasteiger partial charge on any atom is -0.456 e. The zero-order valence-corrected chi connectivity index (χ0v) is 30.1. The van der Waals surface area contributed by atoms with Crippen LogP contribution < -0.4 is 9.80 Å². The summed E-state index contributed by atoms with van der Waals surface area (Å²) in [6.45, 7) is 0. The topological polar surface area (TPSA) is 19.6 Å². The minimum absolute atomic E-state index is 0.832. The van der Waals surface area contributed by atoms with E-state index in [-0.39, 0.29) is 0 Å². The highest BCUT2D eigenvalue weighted by Gasteiger charge is 2.27. The molecule has 0 radical (unpaired) electrons. The van der Waals surface area contributed by atoms with E-state index in [1.807, 2.05) is 0 Å². The first-order valence-corrected chi connectivity index (χ1v) is 18.7. The number of para-hydroxylation sites is 2. The Morgan fingerprint density at radius 1 is 0.309 bits per heavy atom. The van der Waals surface area contributed by atoms with Gasteiger partial charge in [0.15, 0.2) is 0 Å². The normalized spacial score (nSPS) is 11.3. The summed E-state index contributed by atoms with van der Waals surface area (Å²) >= 11 is 0. The second kappa shape index (κ2) is 13.9. The molecule has 0 aliphatic rings. The van der Waals surface area contributed by atoms with Crippen molar-refractivity contribution in [3.63, 3.8) is 0 Å². The van der Waals surface area contributed by atoms with Crippen molar-refractivity contribution >= 4 is 66.8 Å². The fraction of sp³-hybridized carbons (Fsp3) is 0. The van der Waals surface area contributed by atoms with Gasteiger partial charge in [-0.05, 0) is 106 Å². The summed E-state index contributed by atoms with van der Waals surface area (Å²) < 4.78 is 6.77. The maximum atomic E-state index is 6.77. The number of hydrogen-bond donors (Lipinski definition) is 0. The average Bonchev–Trinajstić information content (AvgIpc) is 3.63. The number of rotatable bonds is 8. The van der Waals surface area contributed by atoms with E-state index < -0.39 is 0 Å². The number of fused-ring (bicyclic) bond motifs is 4. The molecule has 10 aromatic rings. The molecule has 0 atom stereocenters. The predicted octanol–water partition coefficient (Wildman–Crippen LogP) is 15.0. The van der Waals surface area contributed by atoms with E-state index in [2.05, 4.69) is 228 Å². The molecule has 10 rings (SSSR count). The van der Waals surface area contributed by atoms with Crippen LogP contribution in [0.4, 0.5) is 34.1 Å². The zero-order valence-electron chi connectivity index (χ0n) is 30.1. The lowest BCUT2D eigenvalue weighted by atomic mass is 10.0. The van der Waals surface area contributed by atoms with Crippen molar-refractivity contribution in [2.75, 3.05) is 9.80 Å². The molecule has 0 amide bonds. The van der Waals surface area contributed by atoms with Gasteiger partial charge >= 0.3 is 0 Å². The van der Waals surface area contributed by atoms with Gasteiger partial charge in [0.1, 0.15) is 11.2 Å². The van der Waals surface area contributed by atoms with Crippen LogP contribution in [0.5, 0.6) is 0 Å². The summed E-state index contributed by atoms with van der Waals surface area (Å²) in [6, 6.07) is 77.5. The molecule has 3 nitrogen and oxygen atoms in total. The first kappa shape index (κ1) is 32.3. The summed E-state index contributed by atoms with van der Waals surface area (Å²) in [5, 5.41) is 4.44. The third-order valence-corrected chi connectivity index (χ3v) is 10.4. The molecule has 1 aromatic heterocycles. The Balaban J connectivity index is 1.27. The van der Waals surface area contributed by atoms with Gasteiger partial charge in [0.05, 0.1) is 16.8 Å². The van der Waals surface area contributed by atoms with Crippen LogP contribution in [-0.2, 0) is 0 Å². The van der Waals surface area contributed by atoms with Crippen LogP contribution >= 0.6 is 0 Å². The Kier molecular flexibility index (Phi) is 8.16. The van der Waals surface area contributed by atoms with Crippen LogP contribution in [0, 0.1) is 0 Å². The van der Waals surface area contributed by atoms with Gasteiger partial charge in [0, 0.05) is 28.1 Å². The Morgan fingerprint density at radius 3 is 1.27 bits per heavy atom. The zero-order chi connectivity index (χ0) is 36.6. The summed E-state index contributed by atoms with van der Waals surface area (Å²) in [7, 11) is 0. The van der Waals surface area contributed by atoms with Crippen molar-refractivity contribution in [1.29, 1.82) is 0 Å². The van der Waals surface area contributed by atoms with Crippen molar-refractivity contribution < 1.29 is 4.42 Å². The van der Waals surface area contributed by atoms with Crippen molar-refractivity contribution in [2.24, 2.45) is 0 Å². The molecule has 0 aliphatic carbocycles. The van der Waals surface area contributed by atoms with E-state index in [4.69, 9.17) is 4.42 Å². The van der Waals surface area contributed by atoms with Gasteiger partial charge in [0.2, 0.25) is 0 Å². The molecule has 55 heavy (non-hydrogen) atoms. The largest absolute Gasteiger partial charge is 0.456 e. The van der Waals surface area contributed by atoms with Crippen LogP contribution in [0.15, 0.2) is 223 Å². The first-order chi connectivity index (χ1) is 27.3.